The molecule has 0 N–H and O–H groups in total. The van der Waals surface area contributed by atoms with Gasteiger partial charge in [-0.3, -0.25) is 8.58 Å². The Balaban J connectivity index is 2.04. The summed E-state index contributed by atoms with van der Waals surface area (Å²) in [4.78, 5) is 12.8. The van der Waals surface area contributed by atoms with Gasteiger partial charge in [-0.15, -0.1) is 0 Å². The number of fused-ring (bicyclic) bond motifs is 2. The molecular weight excluding hydrogens is 302 g/mol. The summed E-state index contributed by atoms with van der Waals surface area (Å²) < 4.78 is 3.11. The highest BCUT2D eigenvalue weighted by molar-refractivity contribution is 7.13. The smallest absolute Gasteiger partial charge is 0.212 e. The molecule has 0 bridgehead atoms. The molecule has 2 nitrogen and oxygen atoms in total. The van der Waals surface area contributed by atoms with E-state index in [1.54, 1.807) is 11.5 Å². The number of nitrogens with zero attached hydrogens (tertiary/aromatic N) is 1. The zero-order chi connectivity index (χ0) is 16.0. The fourth-order valence-electron chi connectivity index (χ4n) is 3.12. The maximum atomic E-state index is 12.8. The average Bonchev–Trinajstić information content (AvgIpc) is 3.01. The van der Waals surface area contributed by atoms with Crippen LogP contribution in [0.2, 0.25) is 0 Å². The van der Waals surface area contributed by atoms with E-state index in [0.29, 0.717) is 0 Å². The molecule has 0 aliphatic carbocycles. The van der Waals surface area contributed by atoms with E-state index in [9.17, 15) is 4.79 Å². The third-order valence-electron chi connectivity index (χ3n) is 4.53. The maximum Gasteiger partial charge on any atom is 0.212 e. The van der Waals surface area contributed by atoms with Crippen molar-refractivity contribution in [2.45, 2.75) is 19.3 Å². The zero-order valence-corrected chi connectivity index (χ0v) is 13.9. The van der Waals surface area contributed by atoms with Crippen molar-refractivity contribution in [1.29, 1.82) is 0 Å². The Morgan fingerprint density at radius 2 is 1.57 bits per heavy atom. The lowest BCUT2D eigenvalue weighted by Gasteiger charge is -2.25. The SMILES string of the molecule is CC(C)(c1ccccc1)c1ccc2c(=O)c3ccccc3sn12. The maximum absolute atomic E-state index is 12.8. The Hall–Kier alpha value is -2.39. The van der Waals surface area contributed by atoms with Gasteiger partial charge in [0, 0.05) is 16.5 Å². The topological polar surface area (TPSA) is 21.5 Å². The summed E-state index contributed by atoms with van der Waals surface area (Å²) in [5.74, 6) is 0. The van der Waals surface area contributed by atoms with E-state index >= 15 is 0 Å². The van der Waals surface area contributed by atoms with Crippen LogP contribution in [0.4, 0.5) is 0 Å². The van der Waals surface area contributed by atoms with Gasteiger partial charge in [0.15, 0.2) is 0 Å². The molecule has 0 aliphatic heterocycles. The quantitative estimate of drug-likeness (QED) is 0.518. The molecule has 4 rings (SSSR count). The first-order chi connectivity index (χ1) is 11.1. The lowest BCUT2D eigenvalue weighted by Crippen LogP contribution is -2.21. The van der Waals surface area contributed by atoms with Crippen molar-refractivity contribution >= 4 is 27.1 Å². The van der Waals surface area contributed by atoms with Crippen LogP contribution in [-0.2, 0) is 5.41 Å². The standard InChI is InChI=1S/C20H17NOS/c1-20(2,14-8-4-3-5-9-14)18-13-12-16-19(22)15-10-6-7-11-17(15)23-21(16)18/h3-13H,1-2H3. The second-order valence-corrected chi connectivity index (χ2v) is 7.29. The first-order valence-corrected chi connectivity index (χ1v) is 8.46. The summed E-state index contributed by atoms with van der Waals surface area (Å²) in [5.41, 5.74) is 3.08. The molecule has 2 aromatic heterocycles. The van der Waals surface area contributed by atoms with Crippen molar-refractivity contribution in [1.82, 2.24) is 3.79 Å². The highest BCUT2D eigenvalue weighted by Gasteiger charge is 2.27. The summed E-state index contributed by atoms with van der Waals surface area (Å²) in [6.07, 6.45) is 0. The Morgan fingerprint density at radius 3 is 2.35 bits per heavy atom. The summed E-state index contributed by atoms with van der Waals surface area (Å²) in [6.45, 7) is 4.41. The predicted octanol–water partition coefficient (Wildman–Crippen LogP) is 4.84. The molecule has 0 fully saturated rings. The van der Waals surface area contributed by atoms with Crippen molar-refractivity contribution < 1.29 is 0 Å². The van der Waals surface area contributed by atoms with Crippen LogP contribution >= 0.6 is 11.5 Å². The van der Waals surface area contributed by atoms with Gasteiger partial charge in [0.25, 0.3) is 0 Å². The normalized spacial score (nSPS) is 12.1. The van der Waals surface area contributed by atoms with E-state index < -0.39 is 0 Å². The number of hydrogen-bond donors (Lipinski definition) is 0. The number of hydrogen-bond acceptors (Lipinski definition) is 2. The lowest BCUT2D eigenvalue weighted by molar-refractivity contribution is 0.618. The van der Waals surface area contributed by atoms with Gasteiger partial charge < -0.3 is 0 Å². The minimum Gasteiger partial charge on any atom is -0.287 e. The number of rotatable bonds is 2. The van der Waals surface area contributed by atoms with Gasteiger partial charge in [-0.25, -0.2) is 0 Å². The number of aromatic nitrogens is 1. The summed E-state index contributed by atoms with van der Waals surface area (Å²) in [6, 6.07) is 22.3. The Bertz CT molecular complexity index is 1060. The molecule has 0 saturated carbocycles. The predicted molar refractivity (Wildman–Crippen MR) is 97.6 cm³/mol. The molecule has 2 aromatic carbocycles. The van der Waals surface area contributed by atoms with E-state index in [0.717, 1.165) is 21.3 Å². The van der Waals surface area contributed by atoms with Crippen LogP contribution in [0.25, 0.3) is 15.6 Å². The third-order valence-corrected chi connectivity index (χ3v) is 5.66. The van der Waals surface area contributed by atoms with Crippen molar-refractivity contribution in [3.05, 3.63) is 88.2 Å². The Morgan fingerprint density at radius 1 is 0.870 bits per heavy atom. The van der Waals surface area contributed by atoms with E-state index in [2.05, 4.69) is 48.0 Å². The molecule has 3 heteroatoms. The molecule has 114 valence electrons. The van der Waals surface area contributed by atoms with Gasteiger partial charge >= 0.3 is 0 Å². The minimum atomic E-state index is -0.168. The molecule has 0 spiro atoms. The van der Waals surface area contributed by atoms with E-state index in [1.807, 2.05) is 36.4 Å². The van der Waals surface area contributed by atoms with Gasteiger partial charge in [-0.1, -0.05) is 67.8 Å². The van der Waals surface area contributed by atoms with Gasteiger partial charge in [0.2, 0.25) is 5.43 Å². The summed E-state index contributed by atoms with van der Waals surface area (Å²) in [5, 5.41) is 0.798. The van der Waals surface area contributed by atoms with Crippen molar-refractivity contribution in [3.63, 3.8) is 0 Å². The molecular formula is C20H17NOS. The van der Waals surface area contributed by atoms with Crippen LogP contribution in [0.3, 0.4) is 0 Å². The van der Waals surface area contributed by atoms with Crippen LogP contribution in [0, 0.1) is 0 Å². The van der Waals surface area contributed by atoms with Gasteiger partial charge in [0.1, 0.15) is 5.52 Å². The van der Waals surface area contributed by atoms with Gasteiger partial charge in [-0.2, -0.15) is 0 Å². The first kappa shape index (κ1) is 14.2. The molecule has 0 saturated heterocycles. The first-order valence-electron chi connectivity index (χ1n) is 7.69. The highest BCUT2D eigenvalue weighted by atomic mass is 32.1. The largest absolute Gasteiger partial charge is 0.287 e. The molecule has 4 aromatic rings. The van der Waals surface area contributed by atoms with Crippen LogP contribution in [0.1, 0.15) is 25.1 Å². The highest BCUT2D eigenvalue weighted by Crippen LogP contribution is 2.33. The van der Waals surface area contributed by atoms with Crippen LogP contribution in [0.15, 0.2) is 71.5 Å². The van der Waals surface area contributed by atoms with Crippen molar-refractivity contribution in [3.8, 4) is 0 Å². The van der Waals surface area contributed by atoms with E-state index in [-0.39, 0.29) is 10.8 Å². The fraction of sp³-hybridized carbons (Fsp3) is 0.150. The van der Waals surface area contributed by atoms with Crippen LogP contribution < -0.4 is 5.43 Å². The molecule has 23 heavy (non-hydrogen) atoms. The summed E-state index contributed by atoms with van der Waals surface area (Å²) in [7, 11) is 0. The molecule has 0 radical (unpaired) electrons. The summed E-state index contributed by atoms with van der Waals surface area (Å²) >= 11 is 1.64. The van der Waals surface area contributed by atoms with E-state index in [4.69, 9.17) is 0 Å². The van der Waals surface area contributed by atoms with Crippen molar-refractivity contribution in [2.24, 2.45) is 0 Å². The van der Waals surface area contributed by atoms with Crippen LogP contribution in [-0.4, -0.2) is 3.79 Å². The van der Waals surface area contributed by atoms with Crippen LogP contribution in [0.5, 0.6) is 0 Å². The minimum absolute atomic E-state index is 0.106. The van der Waals surface area contributed by atoms with Gasteiger partial charge in [-0.05, 0) is 29.8 Å². The zero-order valence-electron chi connectivity index (χ0n) is 13.1. The van der Waals surface area contributed by atoms with E-state index in [1.165, 1.54) is 5.56 Å². The molecule has 0 unspecified atom stereocenters. The molecule has 0 atom stereocenters. The number of benzene rings is 2. The molecule has 0 amide bonds. The fourth-order valence-corrected chi connectivity index (χ4v) is 4.35. The molecule has 0 aliphatic rings. The monoisotopic (exact) mass is 319 g/mol. The molecule has 2 heterocycles. The Labute approximate surface area is 138 Å². The second kappa shape index (κ2) is 5.07. The lowest BCUT2D eigenvalue weighted by atomic mass is 9.82. The average molecular weight is 319 g/mol. The third kappa shape index (κ3) is 2.12. The van der Waals surface area contributed by atoms with Gasteiger partial charge in [0.05, 0.1) is 4.70 Å². The van der Waals surface area contributed by atoms with Crippen molar-refractivity contribution in [2.75, 3.05) is 0 Å². The Kier molecular flexibility index (Phi) is 3.13. The second-order valence-electron chi connectivity index (χ2n) is 6.31.